The molecule has 1 aliphatic heterocycles. The molecule has 34 heavy (non-hydrogen) atoms. The molecule has 2 amide bonds. The second-order valence-electron chi connectivity index (χ2n) is 7.10. The normalized spacial score (nSPS) is 23.5. The fraction of sp³-hybridized carbons (Fsp3) is 0.632. The number of hydrogen-bond acceptors (Lipinski definition) is 12. The standard InChI is InChI=1S/C19H27N3O11S/c1-8(23)20-19(34)21-22(9(2)24)18-17(32-13(6)28)16(31-12(5)27)15(30-11(4)26)14(33-18)7-29-10(3)25/h14-18H,7H2,1-6H3,(H2,20,21,23,34)/t14-,15+,16+,17-,18-/m1/s1. The SMILES string of the molecule is CC(=O)NC(=S)NN(C(C)=O)[C@@H]1O[C@H](COC(C)=O)[C@H](OC(C)=O)[C@H](OC(C)=O)[C@H]1OC(C)=O. The number of amides is 2. The van der Waals surface area contributed by atoms with Gasteiger partial charge in [0.05, 0.1) is 0 Å². The van der Waals surface area contributed by atoms with Gasteiger partial charge in [0.15, 0.2) is 29.7 Å². The van der Waals surface area contributed by atoms with Crippen molar-refractivity contribution in [2.45, 2.75) is 72.2 Å². The maximum Gasteiger partial charge on any atom is 0.303 e. The lowest BCUT2D eigenvalue weighted by Gasteiger charge is -2.47. The van der Waals surface area contributed by atoms with Crippen molar-refractivity contribution in [1.82, 2.24) is 15.8 Å². The first kappa shape index (κ1) is 28.7. The number of rotatable bonds is 6. The van der Waals surface area contributed by atoms with Crippen LogP contribution in [0.3, 0.4) is 0 Å². The summed E-state index contributed by atoms with van der Waals surface area (Å²) in [6.45, 7) is 6.14. The molecular weight excluding hydrogens is 478 g/mol. The Bertz CT molecular complexity index is 849. The summed E-state index contributed by atoms with van der Waals surface area (Å²) in [4.78, 5) is 70.6. The highest BCUT2D eigenvalue weighted by Crippen LogP contribution is 2.30. The molecular formula is C19H27N3O11S. The summed E-state index contributed by atoms with van der Waals surface area (Å²) >= 11 is 4.99. The van der Waals surface area contributed by atoms with Gasteiger partial charge in [-0.3, -0.25) is 34.2 Å². The Morgan fingerprint density at radius 1 is 0.794 bits per heavy atom. The Morgan fingerprint density at radius 2 is 1.29 bits per heavy atom. The maximum atomic E-state index is 12.4. The molecule has 0 aromatic rings. The van der Waals surface area contributed by atoms with E-state index in [2.05, 4.69) is 10.7 Å². The summed E-state index contributed by atoms with van der Waals surface area (Å²) in [5, 5.41) is 2.74. The second kappa shape index (κ2) is 12.8. The molecule has 1 fully saturated rings. The first-order valence-electron chi connectivity index (χ1n) is 9.91. The second-order valence-corrected chi connectivity index (χ2v) is 7.51. The van der Waals surface area contributed by atoms with Gasteiger partial charge in [-0.15, -0.1) is 0 Å². The number of carbonyl (C=O) groups excluding carboxylic acids is 6. The van der Waals surface area contributed by atoms with Gasteiger partial charge in [0.1, 0.15) is 12.7 Å². The van der Waals surface area contributed by atoms with Crippen molar-refractivity contribution in [3.8, 4) is 0 Å². The van der Waals surface area contributed by atoms with Crippen LogP contribution < -0.4 is 10.7 Å². The largest absolute Gasteiger partial charge is 0.463 e. The molecule has 0 radical (unpaired) electrons. The van der Waals surface area contributed by atoms with Gasteiger partial charge in [-0.2, -0.15) is 0 Å². The Kier molecular flexibility index (Phi) is 10.8. The Morgan fingerprint density at radius 3 is 1.74 bits per heavy atom. The Labute approximate surface area is 200 Å². The molecule has 2 N–H and O–H groups in total. The average molecular weight is 506 g/mol. The lowest BCUT2D eigenvalue weighted by molar-refractivity contribution is -0.278. The molecule has 15 heteroatoms. The first-order chi connectivity index (χ1) is 15.7. The lowest BCUT2D eigenvalue weighted by atomic mass is 9.97. The van der Waals surface area contributed by atoms with Crippen LogP contribution in [0.15, 0.2) is 0 Å². The topological polar surface area (TPSA) is 176 Å². The minimum atomic E-state index is -1.54. The molecule has 5 atom stereocenters. The van der Waals surface area contributed by atoms with Crippen LogP contribution in [0.25, 0.3) is 0 Å². The number of nitrogens with zero attached hydrogens (tertiary/aromatic N) is 1. The lowest BCUT2D eigenvalue weighted by Crippen LogP contribution is -2.69. The van der Waals surface area contributed by atoms with Crippen LogP contribution in [-0.4, -0.2) is 83.1 Å². The first-order valence-corrected chi connectivity index (χ1v) is 10.3. The van der Waals surface area contributed by atoms with Gasteiger partial charge in [-0.25, -0.2) is 5.01 Å². The molecule has 0 bridgehead atoms. The van der Waals surface area contributed by atoms with Crippen molar-refractivity contribution in [3.63, 3.8) is 0 Å². The molecule has 0 unspecified atom stereocenters. The van der Waals surface area contributed by atoms with Crippen LogP contribution >= 0.6 is 12.2 Å². The van der Waals surface area contributed by atoms with Crippen molar-refractivity contribution >= 4 is 53.0 Å². The molecule has 0 aromatic carbocycles. The van der Waals surface area contributed by atoms with E-state index >= 15 is 0 Å². The summed E-state index contributed by atoms with van der Waals surface area (Å²) in [6, 6.07) is 0. The fourth-order valence-electron chi connectivity index (χ4n) is 3.03. The highest BCUT2D eigenvalue weighted by molar-refractivity contribution is 7.80. The van der Waals surface area contributed by atoms with E-state index in [0.29, 0.717) is 0 Å². The van der Waals surface area contributed by atoms with Crippen LogP contribution in [0, 0.1) is 0 Å². The van der Waals surface area contributed by atoms with E-state index in [0.717, 1.165) is 39.6 Å². The monoisotopic (exact) mass is 505 g/mol. The van der Waals surface area contributed by atoms with E-state index in [1.165, 1.54) is 6.92 Å². The van der Waals surface area contributed by atoms with Crippen molar-refractivity contribution in [2.24, 2.45) is 0 Å². The third kappa shape index (κ3) is 8.90. The third-order valence-electron chi connectivity index (χ3n) is 4.07. The predicted molar refractivity (Wildman–Crippen MR) is 114 cm³/mol. The highest BCUT2D eigenvalue weighted by atomic mass is 32.1. The Balaban J connectivity index is 3.54. The van der Waals surface area contributed by atoms with Crippen LogP contribution in [0.2, 0.25) is 0 Å². The van der Waals surface area contributed by atoms with Gasteiger partial charge in [0.2, 0.25) is 11.8 Å². The molecule has 1 rings (SSSR count). The van der Waals surface area contributed by atoms with Gasteiger partial charge in [0, 0.05) is 41.5 Å². The Hall–Kier alpha value is -3.33. The molecule has 0 saturated carbocycles. The third-order valence-corrected chi connectivity index (χ3v) is 4.26. The zero-order valence-electron chi connectivity index (χ0n) is 19.4. The average Bonchev–Trinajstić information content (AvgIpc) is 2.66. The van der Waals surface area contributed by atoms with E-state index in [1.54, 1.807) is 0 Å². The van der Waals surface area contributed by atoms with Crippen LogP contribution in [0.1, 0.15) is 41.5 Å². The van der Waals surface area contributed by atoms with E-state index < -0.39 is 72.9 Å². The summed E-state index contributed by atoms with van der Waals surface area (Å²) < 4.78 is 26.7. The van der Waals surface area contributed by atoms with E-state index in [-0.39, 0.29) is 5.11 Å². The molecule has 0 spiro atoms. The van der Waals surface area contributed by atoms with E-state index in [4.69, 9.17) is 35.9 Å². The van der Waals surface area contributed by atoms with Gasteiger partial charge in [0.25, 0.3) is 0 Å². The van der Waals surface area contributed by atoms with Crippen LogP contribution in [0.5, 0.6) is 0 Å². The number of carbonyl (C=O) groups is 6. The van der Waals surface area contributed by atoms with E-state index in [1.807, 2.05) is 0 Å². The van der Waals surface area contributed by atoms with Crippen LogP contribution in [-0.2, 0) is 52.5 Å². The summed E-state index contributed by atoms with van der Waals surface area (Å²) in [6.07, 6.45) is -7.22. The van der Waals surface area contributed by atoms with Crippen molar-refractivity contribution in [2.75, 3.05) is 6.61 Å². The summed E-state index contributed by atoms with van der Waals surface area (Å²) in [7, 11) is 0. The van der Waals surface area contributed by atoms with Gasteiger partial charge in [-0.05, 0) is 12.2 Å². The fourth-order valence-corrected chi connectivity index (χ4v) is 3.27. The molecule has 1 aliphatic rings. The molecule has 1 saturated heterocycles. The quantitative estimate of drug-likeness (QED) is 0.192. The number of ether oxygens (including phenoxy) is 5. The molecule has 0 aliphatic carbocycles. The van der Waals surface area contributed by atoms with Gasteiger partial charge < -0.3 is 29.0 Å². The van der Waals surface area contributed by atoms with E-state index in [9.17, 15) is 28.8 Å². The van der Waals surface area contributed by atoms with Crippen molar-refractivity contribution < 1.29 is 52.5 Å². The number of esters is 4. The number of hydrogen-bond donors (Lipinski definition) is 2. The van der Waals surface area contributed by atoms with Gasteiger partial charge >= 0.3 is 23.9 Å². The molecule has 14 nitrogen and oxygen atoms in total. The minimum absolute atomic E-state index is 0.296. The molecule has 190 valence electrons. The zero-order chi connectivity index (χ0) is 26.2. The zero-order valence-corrected chi connectivity index (χ0v) is 20.3. The number of thiocarbonyl (C=S) groups is 1. The minimum Gasteiger partial charge on any atom is -0.463 e. The number of nitrogens with one attached hydrogen (secondary N) is 2. The van der Waals surface area contributed by atoms with Crippen molar-refractivity contribution in [1.29, 1.82) is 0 Å². The van der Waals surface area contributed by atoms with Crippen LogP contribution in [0.4, 0.5) is 0 Å². The van der Waals surface area contributed by atoms with Gasteiger partial charge in [-0.1, -0.05) is 0 Å². The highest BCUT2D eigenvalue weighted by Gasteiger charge is 2.54. The maximum absolute atomic E-state index is 12.4. The smallest absolute Gasteiger partial charge is 0.303 e. The van der Waals surface area contributed by atoms with Crippen molar-refractivity contribution in [3.05, 3.63) is 0 Å². The summed E-state index contributed by atoms with van der Waals surface area (Å²) in [5.74, 6) is -4.42. The molecule has 1 heterocycles. The predicted octanol–water partition coefficient (Wildman–Crippen LogP) is -1.16. The number of hydrazine groups is 1. The molecule has 0 aromatic heterocycles. The summed E-state index contributed by atoms with van der Waals surface area (Å²) in [5.41, 5.74) is 2.45.